The smallest absolute Gasteiger partial charge is 0.0854 e. The predicted octanol–water partition coefficient (Wildman–Crippen LogP) is 3.06. The minimum atomic E-state index is 0.942. The van der Waals surface area contributed by atoms with Gasteiger partial charge in [0, 0.05) is 36.6 Å². The molecule has 0 atom stereocenters. The molecule has 0 aliphatic carbocycles. The van der Waals surface area contributed by atoms with E-state index in [1.807, 2.05) is 43.7 Å². The summed E-state index contributed by atoms with van der Waals surface area (Å²) in [5, 5.41) is 10.0. The number of nitrogens with one attached hydrogen (secondary N) is 1. The highest BCUT2D eigenvalue weighted by Gasteiger charge is 1.97. The van der Waals surface area contributed by atoms with Crippen molar-refractivity contribution in [3.8, 4) is 0 Å². The van der Waals surface area contributed by atoms with Gasteiger partial charge in [-0.25, -0.2) is 0 Å². The Kier molecular flexibility index (Phi) is 9.38. The first kappa shape index (κ1) is 15.9. The minimum Gasteiger partial charge on any atom is -0.400 e. The van der Waals surface area contributed by atoms with Gasteiger partial charge in [-0.05, 0) is 18.6 Å². The zero-order valence-corrected chi connectivity index (χ0v) is 12.0. The number of halogens is 1. The number of aliphatic hydroxyl groups excluding tert-OH is 1. The molecule has 0 amide bonds. The highest BCUT2D eigenvalue weighted by Crippen LogP contribution is 2.18. The topological polar surface area (TPSA) is 44.6 Å². The van der Waals surface area contributed by atoms with Crippen LogP contribution in [0.4, 0.5) is 0 Å². The third-order valence-corrected chi connectivity index (χ3v) is 2.36. The molecule has 1 aromatic rings. The Labute approximate surface area is 111 Å². The van der Waals surface area contributed by atoms with Crippen LogP contribution in [-0.2, 0) is 0 Å². The third kappa shape index (κ3) is 6.24. The Morgan fingerprint density at radius 2 is 1.94 bits per heavy atom. The number of aliphatic hydroxyl groups is 1. The van der Waals surface area contributed by atoms with E-state index in [4.69, 9.17) is 5.11 Å². The molecular formula is C13H19BrN2O. The van der Waals surface area contributed by atoms with Gasteiger partial charge >= 0.3 is 0 Å². The summed E-state index contributed by atoms with van der Waals surface area (Å²) in [7, 11) is 2.88. The van der Waals surface area contributed by atoms with E-state index in [2.05, 4.69) is 33.2 Å². The Hall–Kier alpha value is -1.13. The first-order chi connectivity index (χ1) is 8.27. The van der Waals surface area contributed by atoms with Crippen molar-refractivity contribution in [3.05, 3.63) is 40.5 Å². The molecule has 0 aliphatic heterocycles. The summed E-state index contributed by atoms with van der Waals surface area (Å²) in [6, 6.07) is 8.11. The van der Waals surface area contributed by atoms with Crippen molar-refractivity contribution in [3.63, 3.8) is 0 Å². The van der Waals surface area contributed by atoms with Gasteiger partial charge in [-0.3, -0.25) is 4.99 Å². The number of benzene rings is 1. The van der Waals surface area contributed by atoms with E-state index in [1.165, 1.54) is 0 Å². The van der Waals surface area contributed by atoms with E-state index in [-0.39, 0.29) is 0 Å². The van der Waals surface area contributed by atoms with Gasteiger partial charge in [0.2, 0.25) is 0 Å². The molecule has 0 aromatic heterocycles. The summed E-state index contributed by atoms with van der Waals surface area (Å²) in [5.41, 5.74) is 2.06. The van der Waals surface area contributed by atoms with E-state index in [1.54, 1.807) is 0 Å². The molecule has 2 N–H and O–H groups in total. The number of nitrogens with zero attached hydrogens (tertiary/aromatic N) is 1. The maximum Gasteiger partial charge on any atom is 0.0854 e. The molecule has 0 saturated heterocycles. The second-order valence-corrected chi connectivity index (χ2v) is 3.96. The molecule has 1 rings (SSSR count). The third-order valence-electron chi connectivity index (χ3n) is 1.83. The van der Waals surface area contributed by atoms with Gasteiger partial charge in [-0.1, -0.05) is 35.0 Å². The highest BCUT2D eigenvalue weighted by molar-refractivity contribution is 9.10. The van der Waals surface area contributed by atoms with Crippen LogP contribution < -0.4 is 5.32 Å². The average Bonchev–Trinajstić information content (AvgIpc) is 2.38. The van der Waals surface area contributed by atoms with Gasteiger partial charge in [0.1, 0.15) is 0 Å². The second-order valence-electron chi connectivity index (χ2n) is 3.05. The van der Waals surface area contributed by atoms with Crippen molar-refractivity contribution >= 4 is 27.8 Å². The van der Waals surface area contributed by atoms with E-state index < -0.39 is 0 Å². The van der Waals surface area contributed by atoms with E-state index in [9.17, 15) is 0 Å². The van der Waals surface area contributed by atoms with Crippen molar-refractivity contribution < 1.29 is 5.11 Å². The first-order valence-electron chi connectivity index (χ1n) is 5.38. The molecule has 0 spiro atoms. The van der Waals surface area contributed by atoms with Crippen LogP contribution in [0.1, 0.15) is 18.9 Å². The molecule has 1 aromatic carbocycles. The van der Waals surface area contributed by atoms with Gasteiger partial charge in [-0.2, -0.15) is 0 Å². The van der Waals surface area contributed by atoms with Crippen molar-refractivity contribution in [1.29, 1.82) is 0 Å². The largest absolute Gasteiger partial charge is 0.400 e. The Morgan fingerprint density at radius 3 is 2.41 bits per heavy atom. The van der Waals surface area contributed by atoms with Crippen molar-refractivity contribution in [1.82, 2.24) is 5.32 Å². The normalized spacial score (nSPS) is 11.0. The number of hydrogen-bond acceptors (Lipinski definition) is 3. The summed E-state index contributed by atoms with van der Waals surface area (Å²) < 4.78 is 1.08. The molecule has 0 aliphatic rings. The second kappa shape index (κ2) is 10.1. The molecule has 0 saturated carbocycles. The lowest BCUT2D eigenvalue weighted by Gasteiger charge is -2.02. The molecule has 3 nitrogen and oxygen atoms in total. The molecule has 0 heterocycles. The van der Waals surface area contributed by atoms with Crippen molar-refractivity contribution in [2.24, 2.45) is 4.99 Å². The molecular weight excluding hydrogens is 280 g/mol. The summed E-state index contributed by atoms with van der Waals surface area (Å²) in [6.07, 6.45) is 4.75. The summed E-state index contributed by atoms with van der Waals surface area (Å²) >= 11 is 3.41. The standard InChI is InChI=1S/C12H15BrN2.CH4O/c1-3-8-15-12(9-14-2)10-4-6-11(13)7-5-10;1-2/h4-9,14H,3H2,1-2H3;2H,1H3/b12-9-,15-8?;. The molecule has 17 heavy (non-hydrogen) atoms. The quantitative estimate of drug-likeness (QED) is 0.839. The molecule has 94 valence electrons. The monoisotopic (exact) mass is 298 g/mol. The number of rotatable bonds is 4. The first-order valence-corrected chi connectivity index (χ1v) is 6.18. The fourth-order valence-electron chi connectivity index (χ4n) is 1.14. The van der Waals surface area contributed by atoms with Crippen LogP contribution in [0.2, 0.25) is 0 Å². The van der Waals surface area contributed by atoms with Crippen LogP contribution in [0.5, 0.6) is 0 Å². The molecule has 0 unspecified atom stereocenters. The van der Waals surface area contributed by atoms with Gasteiger partial charge < -0.3 is 10.4 Å². The number of hydrogen-bond donors (Lipinski definition) is 2. The Balaban J connectivity index is 0.00000121. The van der Waals surface area contributed by atoms with Gasteiger partial charge in [0.25, 0.3) is 0 Å². The molecule has 0 fully saturated rings. The zero-order valence-electron chi connectivity index (χ0n) is 10.4. The Morgan fingerprint density at radius 1 is 1.35 bits per heavy atom. The fraction of sp³-hybridized carbons (Fsp3) is 0.308. The van der Waals surface area contributed by atoms with Crippen LogP contribution in [0, 0.1) is 0 Å². The molecule has 0 bridgehead atoms. The summed E-state index contributed by atoms with van der Waals surface area (Å²) in [4.78, 5) is 4.39. The number of aliphatic imine (C=N–C) groups is 1. The predicted molar refractivity (Wildman–Crippen MR) is 78.1 cm³/mol. The minimum absolute atomic E-state index is 0.942. The summed E-state index contributed by atoms with van der Waals surface area (Å²) in [5.74, 6) is 0. The van der Waals surface area contributed by atoms with Crippen molar-refractivity contribution in [2.75, 3.05) is 14.2 Å². The highest BCUT2D eigenvalue weighted by atomic mass is 79.9. The van der Waals surface area contributed by atoms with Crippen LogP contribution in [0.3, 0.4) is 0 Å². The SMILES string of the molecule is CCC=N/C(=C\NC)c1ccc(Br)cc1.CO. The zero-order chi connectivity index (χ0) is 13.1. The lowest BCUT2D eigenvalue weighted by molar-refractivity contribution is 0.399. The van der Waals surface area contributed by atoms with Gasteiger partial charge in [0.05, 0.1) is 5.70 Å². The maximum atomic E-state index is 7.00. The fourth-order valence-corrected chi connectivity index (χ4v) is 1.41. The molecule has 0 radical (unpaired) electrons. The average molecular weight is 299 g/mol. The lowest BCUT2D eigenvalue weighted by Crippen LogP contribution is -1.95. The van der Waals surface area contributed by atoms with Gasteiger partial charge in [0.15, 0.2) is 0 Å². The lowest BCUT2D eigenvalue weighted by atomic mass is 10.2. The van der Waals surface area contributed by atoms with Gasteiger partial charge in [-0.15, -0.1) is 0 Å². The Bertz CT molecular complexity index is 358. The maximum absolute atomic E-state index is 7.00. The van der Waals surface area contributed by atoms with Crippen molar-refractivity contribution in [2.45, 2.75) is 13.3 Å². The van der Waals surface area contributed by atoms with Crippen LogP contribution in [0.25, 0.3) is 5.70 Å². The van der Waals surface area contributed by atoms with Crippen LogP contribution in [0.15, 0.2) is 39.9 Å². The molecule has 4 heteroatoms. The van der Waals surface area contributed by atoms with E-state index in [0.29, 0.717) is 0 Å². The summed E-state index contributed by atoms with van der Waals surface area (Å²) in [6.45, 7) is 2.07. The van der Waals surface area contributed by atoms with Crippen LogP contribution >= 0.6 is 15.9 Å². The van der Waals surface area contributed by atoms with Crippen LogP contribution in [-0.4, -0.2) is 25.5 Å². The van der Waals surface area contributed by atoms with E-state index >= 15 is 0 Å². The van der Waals surface area contributed by atoms with E-state index in [0.717, 1.165) is 29.3 Å².